The first-order chi connectivity index (χ1) is 14.3. The number of rotatable bonds is 3. The lowest BCUT2D eigenvalue weighted by Crippen LogP contribution is -2.38. The summed E-state index contributed by atoms with van der Waals surface area (Å²) in [5, 5.41) is 0.543. The second-order valence-electron chi connectivity index (χ2n) is 8.57. The van der Waals surface area contributed by atoms with E-state index in [1.165, 1.54) is 4.90 Å². The Morgan fingerprint density at radius 1 is 0.867 bits per heavy atom. The summed E-state index contributed by atoms with van der Waals surface area (Å²) in [6.07, 6.45) is 2.03. The molecule has 0 spiro atoms. The topological polar surface area (TPSA) is 40.6 Å². The Kier molecular flexibility index (Phi) is 5.46. The molecule has 4 rings (SSSR count). The van der Waals surface area contributed by atoms with E-state index in [2.05, 4.69) is 11.8 Å². The molecule has 2 aliphatic heterocycles. The third kappa shape index (κ3) is 3.54. The molecule has 0 aromatic heterocycles. The van der Waals surface area contributed by atoms with Crippen molar-refractivity contribution in [2.75, 3.05) is 18.0 Å². The van der Waals surface area contributed by atoms with Gasteiger partial charge in [-0.05, 0) is 73.9 Å². The highest BCUT2D eigenvalue weighted by Gasteiger charge is 2.43. The smallest absolute Gasteiger partial charge is 0.282 e. The summed E-state index contributed by atoms with van der Waals surface area (Å²) in [5.74, 6) is 0.0885. The van der Waals surface area contributed by atoms with Gasteiger partial charge in [0.25, 0.3) is 11.8 Å². The van der Waals surface area contributed by atoms with E-state index in [9.17, 15) is 9.59 Å². The summed E-state index contributed by atoms with van der Waals surface area (Å²) in [6, 6.07) is 11.3. The Balaban J connectivity index is 1.83. The zero-order valence-electron chi connectivity index (χ0n) is 18.0. The molecule has 2 aromatic rings. The molecule has 0 unspecified atom stereocenters. The molecular weight excluding hydrogens is 396 g/mol. The van der Waals surface area contributed by atoms with E-state index in [-0.39, 0.29) is 11.8 Å². The number of anilines is 1. The number of halogens is 1. The molecule has 156 valence electrons. The summed E-state index contributed by atoms with van der Waals surface area (Å²) in [5.41, 5.74) is 5.50. The van der Waals surface area contributed by atoms with Crippen molar-refractivity contribution in [1.82, 2.24) is 4.90 Å². The number of amides is 2. The lowest BCUT2D eigenvalue weighted by molar-refractivity contribution is -0.120. The number of hydrogen-bond acceptors (Lipinski definition) is 3. The monoisotopic (exact) mass is 422 g/mol. The van der Waals surface area contributed by atoms with Crippen molar-refractivity contribution in [3.8, 4) is 0 Å². The molecule has 0 saturated carbocycles. The van der Waals surface area contributed by atoms with Crippen molar-refractivity contribution in [1.29, 1.82) is 0 Å². The van der Waals surface area contributed by atoms with Crippen molar-refractivity contribution in [3.63, 3.8) is 0 Å². The average Bonchev–Trinajstić information content (AvgIpc) is 2.97. The van der Waals surface area contributed by atoms with Crippen LogP contribution in [0.5, 0.6) is 0 Å². The fraction of sp³-hybridized carbons (Fsp3) is 0.360. The van der Waals surface area contributed by atoms with Crippen LogP contribution in [0.25, 0.3) is 5.57 Å². The Labute approximate surface area is 183 Å². The molecular formula is C25H27ClN2O2. The van der Waals surface area contributed by atoms with Crippen LogP contribution in [-0.2, 0) is 9.59 Å². The number of imide groups is 1. The normalized spacial score (nSPS) is 18.0. The predicted molar refractivity (Wildman–Crippen MR) is 121 cm³/mol. The quantitative estimate of drug-likeness (QED) is 0.631. The first-order valence-corrected chi connectivity index (χ1v) is 10.9. The van der Waals surface area contributed by atoms with Crippen molar-refractivity contribution in [2.24, 2.45) is 5.92 Å². The highest BCUT2D eigenvalue weighted by atomic mass is 35.5. The van der Waals surface area contributed by atoms with Gasteiger partial charge in [-0.3, -0.25) is 9.59 Å². The summed E-state index contributed by atoms with van der Waals surface area (Å²) >= 11 is 6.31. The summed E-state index contributed by atoms with van der Waals surface area (Å²) in [6.45, 7) is 9.78. The van der Waals surface area contributed by atoms with Gasteiger partial charge in [-0.15, -0.1) is 0 Å². The van der Waals surface area contributed by atoms with Crippen LogP contribution in [0.1, 0.15) is 42.0 Å². The van der Waals surface area contributed by atoms with E-state index in [0.29, 0.717) is 27.9 Å². The van der Waals surface area contributed by atoms with Crippen LogP contribution < -0.4 is 4.90 Å². The van der Waals surface area contributed by atoms with Crippen LogP contribution in [0, 0.1) is 26.7 Å². The van der Waals surface area contributed by atoms with Gasteiger partial charge < -0.3 is 4.90 Å². The standard InChI is InChI=1S/C25H27ClN2O2/c1-15-9-11-27(12-10-15)23-22(19-7-5-16(2)18(4)13-19)24(29)28(25(23)30)20-8-6-17(3)21(26)14-20/h5-8,13-15H,9-12H2,1-4H3. The Morgan fingerprint density at radius 2 is 1.53 bits per heavy atom. The number of hydrogen-bond donors (Lipinski definition) is 0. The second-order valence-corrected chi connectivity index (χ2v) is 8.98. The van der Waals surface area contributed by atoms with Gasteiger partial charge in [0.05, 0.1) is 11.3 Å². The summed E-state index contributed by atoms with van der Waals surface area (Å²) in [7, 11) is 0. The van der Waals surface area contributed by atoms with E-state index in [0.717, 1.165) is 48.2 Å². The van der Waals surface area contributed by atoms with E-state index in [1.54, 1.807) is 12.1 Å². The van der Waals surface area contributed by atoms with Gasteiger partial charge in [0.1, 0.15) is 5.70 Å². The Morgan fingerprint density at radius 3 is 2.17 bits per heavy atom. The van der Waals surface area contributed by atoms with Gasteiger partial charge in [0.2, 0.25) is 0 Å². The Bertz CT molecular complexity index is 1060. The SMILES string of the molecule is Cc1ccc(C2=C(N3CCC(C)CC3)C(=O)N(c3ccc(C)c(Cl)c3)C2=O)cc1C. The second kappa shape index (κ2) is 7.92. The number of nitrogens with zero attached hydrogens (tertiary/aromatic N) is 2. The number of benzene rings is 2. The number of piperidine rings is 1. The van der Waals surface area contributed by atoms with Crippen LogP contribution in [-0.4, -0.2) is 29.8 Å². The number of carbonyl (C=O) groups is 2. The van der Waals surface area contributed by atoms with Crippen LogP contribution in [0.3, 0.4) is 0 Å². The van der Waals surface area contributed by atoms with Crippen molar-refractivity contribution < 1.29 is 9.59 Å². The molecule has 0 radical (unpaired) electrons. The Hall–Kier alpha value is -2.59. The maximum Gasteiger partial charge on any atom is 0.282 e. The zero-order chi connectivity index (χ0) is 21.6. The van der Waals surface area contributed by atoms with Crippen molar-refractivity contribution >= 4 is 34.7 Å². The molecule has 5 heteroatoms. The largest absolute Gasteiger partial charge is 0.366 e. The lowest BCUT2D eigenvalue weighted by atomic mass is 9.96. The summed E-state index contributed by atoms with van der Waals surface area (Å²) < 4.78 is 0. The fourth-order valence-electron chi connectivity index (χ4n) is 4.16. The molecule has 2 aliphatic rings. The van der Waals surface area contributed by atoms with Gasteiger partial charge >= 0.3 is 0 Å². The number of aryl methyl sites for hydroxylation is 3. The molecule has 0 atom stereocenters. The van der Waals surface area contributed by atoms with Crippen LogP contribution in [0.4, 0.5) is 5.69 Å². The maximum absolute atomic E-state index is 13.6. The minimum atomic E-state index is -0.281. The molecule has 1 saturated heterocycles. The first-order valence-electron chi connectivity index (χ1n) is 10.5. The van der Waals surface area contributed by atoms with Gasteiger partial charge in [-0.25, -0.2) is 4.90 Å². The first kappa shape index (κ1) is 20.7. The molecule has 0 bridgehead atoms. The molecule has 2 heterocycles. The minimum Gasteiger partial charge on any atom is -0.366 e. The highest BCUT2D eigenvalue weighted by molar-refractivity contribution is 6.45. The van der Waals surface area contributed by atoms with E-state index in [1.807, 2.05) is 45.0 Å². The van der Waals surface area contributed by atoms with Gasteiger partial charge in [0, 0.05) is 18.1 Å². The molecule has 0 aliphatic carbocycles. The average molecular weight is 423 g/mol. The van der Waals surface area contributed by atoms with E-state index in [4.69, 9.17) is 11.6 Å². The third-order valence-electron chi connectivity index (χ3n) is 6.37. The van der Waals surface area contributed by atoms with Crippen LogP contribution >= 0.6 is 11.6 Å². The van der Waals surface area contributed by atoms with E-state index < -0.39 is 0 Å². The van der Waals surface area contributed by atoms with Gasteiger partial charge in [0.15, 0.2) is 0 Å². The third-order valence-corrected chi connectivity index (χ3v) is 6.78. The fourth-order valence-corrected chi connectivity index (χ4v) is 4.33. The predicted octanol–water partition coefficient (Wildman–Crippen LogP) is 5.28. The molecule has 0 N–H and O–H groups in total. The molecule has 1 fully saturated rings. The van der Waals surface area contributed by atoms with Crippen LogP contribution in [0.15, 0.2) is 42.1 Å². The maximum atomic E-state index is 13.6. The lowest BCUT2D eigenvalue weighted by Gasteiger charge is -2.32. The highest BCUT2D eigenvalue weighted by Crippen LogP contribution is 2.37. The number of likely N-dealkylation sites (tertiary alicyclic amines) is 1. The summed E-state index contributed by atoms with van der Waals surface area (Å²) in [4.78, 5) is 30.6. The molecule has 4 nitrogen and oxygen atoms in total. The van der Waals surface area contributed by atoms with Gasteiger partial charge in [-0.2, -0.15) is 0 Å². The molecule has 2 amide bonds. The molecule has 2 aromatic carbocycles. The van der Waals surface area contributed by atoms with Crippen LogP contribution in [0.2, 0.25) is 5.02 Å². The van der Waals surface area contributed by atoms with Crippen molar-refractivity contribution in [3.05, 3.63) is 69.4 Å². The number of carbonyl (C=O) groups excluding carboxylic acids is 2. The van der Waals surface area contributed by atoms with E-state index >= 15 is 0 Å². The van der Waals surface area contributed by atoms with Gasteiger partial charge in [-0.1, -0.05) is 42.8 Å². The zero-order valence-corrected chi connectivity index (χ0v) is 18.7. The minimum absolute atomic E-state index is 0.261. The van der Waals surface area contributed by atoms with Crippen molar-refractivity contribution in [2.45, 2.75) is 40.5 Å². The molecule has 30 heavy (non-hydrogen) atoms.